The van der Waals surface area contributed by atoms with Gasteiger partial charge in [0.1, 0.15) is 12.4 Å². The number of ether oxygens (including phenoxy) is 1. The first-order chi connectivity index (χ1) is 15.4. The summed E-state index contributed by atoms with van der Waals surface area (Å²) in [6, 6.07) is 17.0. The summed E-state index contributed by atoms with van der Waals surface area (Å²) in [4.78, 5) is 18.5. The molecule has 160 valence electrons. The highest BCUT2D eigenvalue weighted by molar-refractivity contribution is 7.15. The second kappa shape index (κ2) is 8.24. The molecule has 0 aliphatic heterocycles. The molecule has 0 saturated heterocycles. The zero-order chi connectivity index (χ0) is 22.4. The fourth-order valence-corrected chi connectivity index (χ4v) is 5.01. The van der Waals surface area contributed by atoms with Gasteiger partial charge in [-0.3, -0.25) is 4.79 Å². The summed E-state index contributed by atoms with van der Waals surface area (Å²) in [6.45, 7) is 4.42. The van der Waals surface area contributed by atoms with E-state index in [0.717, 1.165) is 27.7 Å². The Morgan fingerprint density at radius 1 is 1.06 bits per heavy atom. The van der Waals surface area contributed by atoms with Crippen molar-refractivity contribution in [3.63, 3.8) is 0 Å². The number of aryl methyl sites for hydroxylation is 2. The quantitative estimate of drug-likeness (QED) is 0.318. The first kappa shape index (κ1) is 21.0. The van der Waals surface area contributed by atoms with Crippen molar-refractivity contribution in [1.29, 1.82) is 0 Å². The molecule has 0 unspecified atom stereocenters. The number of benzene rings is 3. The Hall–Kier alpha value is -2.86. The third-order valence-corrected chi connectivity index (χ3v) is 6.98. The van der Waals surface area contributed by atoms with E-state index in [9.17, 15) is 4.79 Å². The van der Waals surface area contributed by atoms with Crippen LogP contribution in [0.2, 0.25) is 10.0 Å². The maximum absolute atomic E-state index is 13.1. The van der Waals surface area contributed by atoms with Gasteiger partial charge in [-0.1, -0.05) is 52.7 Å². The second-order valence-electron chi connectivity index (χ2n) is 7.67. The summed E-state index contributed by atoms with van der Waals surface area (Å²) < 4.78 is 8.23. The highest BCUT2D eigenvalue weighted by Gasteiger charge is 2.12. The molecule has 0 aliphatic rings. The lowest BCUT2D eigenvalue weighted by atomic mass is 10.1. The standard InChI is InChI=1S/C25H18Cl2N2O2S/c1-14-8-21-22(9-15(14)2)29-24(30)23(32-25(29)28-21)11-16-4-3-5-19(10-16)31-13-17-6-7-18(26)12-20(17)27/h3-12H,13H2,1-2H3/b23-11-. The molecule has 0 amide bonds. The van der Waals surface area contributed by atoms with Gasteiger partial charge in [-0.15, -0.1) is 0 Å². The topological polar surface area (TPSA) is 43.6 Å². The van der Waals surface area contributed by atoms with Gasteiger partial charge in [0.05, 0.1) is 15.6 Å². The minimum atomic E-state index is -0.0602. The van der Waals surface area contributed by atoms with Gasteiger partial charge in [-0.05, 0) is 73.0 Å². The van der Waals surface area contributed by atoms with E-state index in [1.54, 1.807) is 16.5 Å². The third kappa shape index (κ3) is 3.88. The van der Waals surface area contributed by atoms with E-state index in [-0.39, 0.29) is 5.56 Å². The highest BCUT2D eigenvalue weighted by atomic mass is 35.5. The van der Waals surface area contributed by atoms with Gasteiger partial charge in [-0.2, -0.15) is 0 Å². The average Bonchev–Trinajstić information content (AvgIpc) is 3.24. The van der Waals surface area contributed by atoms with E-state index >= 15 is 0 Å². The van der Waals surface area contributed by atoms with Gasteiger partial charge in [0, 0.05) is 15.6 Å². The van der Waals surface area contributed by atoms with Crippen LogP contribution in [0.3, 0.4) is 0 Å². The van der Waals surface area contributed by atoms with Crippen molar-refractivity contribution in [1.82, 2.24) is 9.38 Å². The van der Waals surface area contributed by atoms with Crippen molar-refractivity contribution in [3.8, 4) is 5.75 Å². The fourth-order valence-electron chi connectivity index (χ4n) is 3.56. The molecular weight excluding hydrogens is 463 g/mol. The first-order valence-electron chi connectivity index (χ1n) is 10.00. The molecule has 0 aliphatic carbocycles. The lowest BCUT2D eigenvalue weighted by molar-refractivity contribution is 0.306. The number of thiazole rings is 1. The third-order valence-electron chi connectivity index (χ3n) is 5.42. The van der Waals surface area contributed by atoms with Crippen LogP contribution in [0.4, 0.5) is 0 Å². The number of fused-ring (bicyclic) bond motifs is 3. The summed E-state index contributed by atoms with van der Waals surface area (Å²) >= 11 is 13.6. The lowest BCUT2D eigenvalue weighted by Gasteiger charge is -2.08. The molecule has 0 fully saturated rings. The normalized spacial score (nSPS) is 12.2. The highest BCUT2D eigenvalue weighted by Crippen LogP contribution is 2.24. The maximum Gasteiger partial charge on any atom is 0.274 e. The van der Waals surface area contributed by atoms with Gasteiger partial charge in [0.2, 0.25) is 0 Å². The molecule has 0 spiro atoms. The molecule has 0 radical (unpaired) electrons. The van der Waals surface area contributed by atoms with Crippen molar-refractivity contribution in [2.24, 2.45) is 0 Å². The van der Waals surface area contributed by atoms with Gasteiger partial charge in [0.15, 0.2) is 4.96 Å². The molecule has 2 heterocycles. The maximum atomic E-state index is 13.1. The van der Waals surface area contributed by atoms with E-state index in [1.165, 1.54) is 16.9 Å². The van der Waals surface area contributed by atoms with Crippen LogP contribution in [0.5, 0.6) is 5.75 Å². The van der Waals surface area contributed by atoms with E-state index in [0.29, 0.717) is 31.9 Å². The summed E-state index contributed by atoms with van der Waals surface area (Å²) in [5, 5.41) is 1.15. The van der Waals surface area contributed by atoms with Crippen LogP contribution in [0.15, 0.2) is 59.4 Å². The minimum Gasteiger partial charge on any atom is -0.489 e. The van der Waals surface area contributed by atoms with Crippen LogP contribution in [0.25, 0.3) is 22.1 Å². The van der Waals surface area contributed by atoms with E-state index < -0.39 is 0 Å². The Bertz CT molecular complexity index is 1600. The van der Waals surface area contributed by atoms with Crippen LogP contribution in [-0.4, -0.2) is 9.38 Å². The molecule has 5 aromatic rings. The fraction of sp³-hybridized carbons (Fsp3) is 0.120. The summed E-state index contributed by atoms with van der Waals surface area (Å²) in [6.07, 6.45) is 1.87. The number of hydrogen-bond donors (Lipinski definition) is 0. The molecule has 32 heavy (non-hydrogen) atoms. The average molecular weight is 481 g/mol. The Balaban J connectivity index is 1.48. The smallest absolute Gasteiger partial charge is 0.274 e. The number of halogens is 2. The second-order valence-corrected chi connectivity index (χ2v) is 9.52. The Morgan fingerprint density at radius 2 is 1.88 bits per heavy atom. The zero-order valence-electron chi connectivity index (χ0n) is 17.4. The Morgan fingerprint density at radius 3 is 2.69 bits per heavy atom. The number of aromatic nitrogens is 2. The van der Waals surface area contributed by atoms with Crippen molar-refractivity contribution >= 4 is 56.6 Å². The number of nitrogens with zero attached hydrogens (tertiary/aromatic N) is 2. The SMILES string of the molecule is Cc1cc2nc3s/c(=C\c4cccc(OCc5ccc(Cl)cc5Cl)c4)c(=O)n3c2cc1C. The van der Waals surface area contributed by atoms with Gasteiger partial charge < -0.3 is 4.74 Å². The largest absolute Gasteiger partial charge is 0.489 e. The lowest BCUT2D eigenvalue weighted by Crippen LogP contribution is -2.22. The van der Waals surface area contributed by atoms with E-state index in [4.69, 9.17) is 27.9 Å². The van der Waals surface area contributed by atoms with E-state index in [1.807, 2.05) is 55.5 Å². The van der Waals surface area contributed by atoms with Crippen molar-refractivity contribution < 1.29 is 4.74 Å². The Labute approximate surface area is 198 Å². The summed E-state index contributed by atoms with van der Waals surface area (Å²) in [5.41, 5.74) is 5.67. The van der Waals surface area contributed by atoms with Crippen LogP contribution in [0, 0.1) is 13.8 Å². The molecule has 0 saturated carbocycles. The first-order valence-corrected chi connectivity index (χ1v) is 11.6. The molecule has 7 heteroatoms. The zero-order valence-corrected chi connectivity index (χ0v) is 19.7. The van der Waals surface area contributed by atoms with Crippen LogP contribution in [0.1, 0.15) is 22.3 Å². The van der Waals surface area contributed by atoms with Gasteiger partial charge in [0.25, 0.3) is 5.56 Å². The summed E-state index contributed by atoms with van der Waals surface area (Å²) in [7, 11) is 0. The minimum absolute atomic E-state index is 0.0602. The van der Waals surface area contributed by atoms with Crippen molar-refractivity contribution in [2.75, 3.05) is 0 Å². The Kier molecular flexibility index (Phi) is 5.41. The molecule has 3 aromatic carbocycles. The monoisotopic (exact) mass is 480 g/mol. The van der Waals surface area contributed by atoms with Crippen LogP contribution < -0.4 is 14.8 Å². The molecule has 5 rings (SSSR count). The predicted molar refractivity (Wildman–Crippen MR) is 132 cm³/mol. The molecule has 0 N–H and O–H groups in total. The van der Waals surface area contributed by atoms with E-state index in [2.05, 4.69) is 11.9 Å². The van der Waals surface area contributed by atoms with Gasteiger partial charge >= 0.3 is 0 Å². The molecule has 0 bridgehead atoms. The molecule has 4 nitrogen and oxygen atoms in total. The summed E-state index contributed by atoms with van der Waals surface area (Å²) in [5.74, 6) is 0.690. The van der Waals surface area contributed by atoms with Crippen molar-refractivity contribution in [2.45, 2.75) is 20.5 Å². The molecule has 0 atom stereocenters. The van der Waals surface area contributed by atoms with Crippen molar-refractivity contribution in [3.05, 3.63) is 102 Å². The van der Waals surface area contributed by atoms with Gasteiger partial charge in [-0.25, -0.2) is 9.38 Å². The molecular formula is C25H18Cl2N2O2S. The number of rotatable bonds is 4. The predicted octanol–water partition coefficient (Wildman–Crippen LogP) is 5.96. The van der Waals surface area contributed by atoms with Crippen LogP contribution >= 0.6 is 34.5 Å². The molecule has 2 aromatic heterocycles. The van der Waals surface area contributed by atoms with Crippen LogP contribution in [-0.2, 0) is 6.61 Å². The number of hydrogen-bond acceptors (Lipinski definition) is 4. The number of imidazole rings is 1.